The highest BCUT2D eigenvalue weighted by Crippen LogP contribution is 2.19. The number of esters is 1. The number of hydrogen-bond acceptors (Lipinski definition) is 3. The van der Waals surface area contributed by atoms with Crippen LogP contribution >= 0.6 is 0 Å². The van der Waals surface area contributed by atoms with Crippen molar-refractivity contribution in [1.29, 1.82) is 0 Å². The second-order valence-corrected chi connectivity index (χ2v) is 4.25. The van der Waals surface area contributed by atoms with Crippen LogP contribution in [0.4, 0.5) is 0 Å². The minimum Gasteiger partial charge on any atom is -0.469 e. The van der Waals surface area contributed by atoms with Crippen LogP contribution in [0.3, 0.4) is 0 Å². The maximum Gasteiger partial charge on any atom is 0.309 e. The number of carbonyl (C=O) groups is 1. The van der Waals surface area contributed by atoms with Gasteiger partial charge in [0.1, 0.15) is 0 Å². The molecule has 3 heteroatoms. The molecule has 1 fully saturated rings. The molecule has 14 heavy (non-hydrogen) atoms. The molecule has 0 aromatic heterocycles. The summed E-state index contributed by atoms with van der Waals surface area (Å²) in [7, 11) is 1.46. The third-order valence-corrected chi connectivity index (χ3v) is 3.08. The van der Waals surface area contributed by atoms with E-state index in [1.807, 2.05) is 6.92 Å². The maximum atomic E-state index is 11.2. The molecule has 82 valence electrons. The van der Waals surface area contributed by atoms with E-state index in [0.717, 1.165) is 25.6 Å². The summed E-state index contributed by atoms with van der Waals surface area (Å²) in [6.45, 7) is 7.31. The zero-order valence-corrected chi connectivity index (χ0v) is 9.45. The maximum absolute atomic E-state index is 11.2. The minimum atomic E-state index is -0.0926. The van der Waals surface area contributed by atoms with Gasteiger partial charge in [0.2, 0.25) is 0 Å². The zero-order chi connectivity index (χ0) is 10.6. The van der Waals surface area contributed by atoms with E-state index in [1.54, 1.807) is 0 Å². The average Bonchev–Trinajstić information content (AvgIpc) is 2.64. The van der Waals surface area contributed by atoms with E-state index in [4.69, 9.17) is 4.74 Å². The summed E-state index contributed by atoms with van der Waals surface area (Å²) in [6, 6.07) is 0. The quantitative estimate of drug-likeness (QED) is 0.643. The second kappa shape index (κ2) is 5.35. The van der Waals surface area contributed by atoms with E-state index in [-0.39, 0.29) is 11.9 Å². The number of nitrogens with zero attached hydrogens (tertiary/aromatic N) is 1. The molecule has 0 aliphatic carbocycles. The summed E-state index contributed by atoms with van der Waals surface area (Å²) in [4.78, 5) is 13.6. The van der Waals surface area contributed by atoms with Crippen LogP contribution in [0.5, 0.6) is 0 Å². The van der Waals surface area contributed by atoms with Gasteiger partial charge in [-0.15, -0.1) is 0 Å². The number of rotatable bonds is 4. The molecular weight excluding hydrogens is 178 g/mol. The van der Waals surface area contributed by atoms with Crippen molar-refractivity contribution in [1.82, 2.24) is 4.90 Å². The molecule has 0 aromatic carbocycles. The van der Waals surface area contributed by atoms with Gasteiger partial charge in [-0.25, -0.2) is 0 Å². The second-order valence-electron chi connectivity index (χ2n) is 4.25. The standard InChI is InChI=1S/C11H21NO2/c1-4-10-5-6-12(8-10)7-9(2)11(13)14-3/h9-10H,4-8H2,1-3H3. The Labute approximate surface area is 86.4 Å². The van der Waals surface area contributed by atoms with Gasteiger partial charge in [-0.3, -0.25) is 4.79 Å². The third-order valence-electron chi connectivity index (χ3n) is 3.08. The zero-order valence-electron chi connectivity index (χ0n) is 9.45. The smallest absolute Gasteiger partial charge is 0.309 e. The molecular formula is C11H21NO2. The largest absolute Gasteiger partial charge is 0.469 e. The van der Waals surface area contributed by atoms with Gasteiger partial charge in [-0.05, 0) is 18.9 Å². The van der Waals surface area contributed by atoms with Gasteiger partial charge >= 0.3 is 5.97 Å². The first kappa shape index (κ1) is 11.5. The Kier molecular flexibility index (Phi) is 4.39. The summed E-state index contributed by atoms with van der Waals surface area (Å²) in [5.41, 5.74) is 0. The van der Waals surface area contributed by atoms with Crippen molar-refractivity contribution in [3.05, 3.63) is 0 Å². The van der Waals surface area contributed by atoms with Gasteiger partial charge in [0.05, 0.1) is 13.0 Å². The predicted octanol–water partition coefficient (Wildman–Crippen LogP) is 1.53. The summed E-state index contributed by atoms with van der Waals surface area (Å²) in [5, 5.41) is 0. The summed E-state index contributed by atoms with van der Waals surface area (Å²) in [5.74, 6) is 0.750. The monoisotopic (exact) mass is 199 g/mol. The summed E-state index contributed by atoms with van der Waals surface area (Å²) < 4.78 is 4.71. The molecule has 2 unspecified atom stereocenters. The van der Waals surface area contributed by atoms with Crippen LogP contribution < -0.4 is 0 Å². The molecule has 2 atom stereocenters. The van der Waals surface area contributed by atoms with Crippen LogP contribution in [0.1, 0.15) is 26.7 Å². The van der Waals surface area contributed by atoms with Crippen molar-refractivity contribution in [2.75, 3.05) is 26.7 Å². The van der Waals surface area contributed by atoms with Gasteiger partial charge in [-0.2, -0.15) is 0 Å². The van der Waals surface area contributed by atoms with E-state index in [1.165, 1.54) is 20.0 Å². The van der Waals surface area contributed by atoms with Crippen molar-refractivity contribution < 1.29 is 9.53 Å². The first-order chi connectivity index (χ1) is 6.67. The number of hydrogen-bond donors (Lipinski definition) is 0. The van der Waals surface area contributed by atoms with E-state index >= 15 is 0 Å². The normalized spacial score (nSPS) is 24.9. The molecule has 3 nitrogen and oxygen atoms in total. The van der Waals surface area contributed by atoms with Gasteiger partial charge in [0, 0.05) is 13.1 Å². The van der Waals surface area contributed by atoms with E-state index in [2.05, 4.69) is 11.8 Å². The van der Waals surface area contributed by atoms with Crippen molar-refractivity contribution >= 4 is 5.97 Å². The summed E-state index contributed by atoms with van der Waals surface area (Å²) >= 11 is 0. The van der Waals surface area contributed by atoms with Crippen LogP contribution in [-0.4, -0.2) is 37.6 Å². The average molecular weight is 199 g/mol. The highest BCUT2D eigenvalue weighted by Gasteiger charge is 2.24. The van der Waals surface area contributed by atoms with Crippen LogP contribution in [0.2, 0.25) is 0 Å². The van der Waals surface area contributed by atoms with Gasteiger partial charge in [-0.1, -0.05) is 20.3 Å². The Hall–Kier alpha value is -0.570. The molecule has 0 radical (unpaired) electrons. The van der Waals surface area contributed by atoms with Crippen LogP contribution in [-0.2, 0) is 9.53 Å². The van der Waals surface area contributed by atoms with E-state index in [9.17, 15) is 4.79 Å². The van der Waals surface area contributed by atoms with E-state index < -0.39 is 0 Å². The highest BCUT2D eigenvalue weighted by molar-refractivity contribution is 5.72. The molecule has 1 rings (SSSR count). The van der Waals surface area contributed by atoms with Crippen LogP contribution in [0.15, 0.2) is 0 Å². The Morgan fingerprint density at radius 2 is 2.36 bits per heavy atom. The summed E-state index contributed by atoms with van der Waals surface area (Å²) in [6.07, 6.45) is 2.54. The Bertz CT molecular complexity index is 194. The fraction of sp³-hybridized carbons (Fsp3) is 0.909. The number of ether oxygens (including phenoxy) is 1. The SMILES string of the molecule is CCC1CCN(CC(C)C(=O)OC)C1. The fourth-order valence-corrected chi connectivity index (χ4v) is 2.07. The van der Waals surface area contributed by atoms with Crippen LogP contribution in [0, 0.1) is 11.8 Å². The third kappa shape index (κ3) is 2.98. The number of carbonyl (C=O) groups excluding carboxylic acids is 1. The van der Waals surface area contributed by atoms with Crippen molar-refractivity contribution in [3.63, 3.8) is 0 Å². The Balaban J connectivity index is 2.28. The molecule has 1 saturated heterocycles. The molecule has 0 aromatic rings. The molecule has 0 spiro atoms. The number of methoxy groups -OCH3 is 1. The van der Waals surface area contributed by atoms with Crippen molar-refractivity contribution in [3.8, 4) is 0 Å². The molecule has 0 saturated carbocycles. The first-order valence-electron chi connectivity index (χ1n) is 5.47. The Morgan fingerprint density at radius 3 is 2.86 bits per heavy atom. The lowest BCUT2D eigenvalue weighted by Crippen LogP contribution is -2.30. The van der Waals surface area contributed by atoms with Gasteiger partial charge in [0.25, 0.3) is 0 Å². The lowest BCUT2D eigenvalue weighted by Gasteiger charge is -2.19. The lowest BCUT2D eigenvalue weighted by atomic mass is 10.1. The van der Waals surface area contributed by atoms with Crippen LogP contribution in [0.25, 0.3) is 0 Å². The van der Waals surface area contributed by atoms with Crippen molar-refractivity contribution in [2.24, 2.45) is 11.8 Å². The molecule has 0 amide bonds. The van der Waals surface area contributed by atoms with Gasteiger partial charge in [0.15, 0.2) is 0 Å². The predicted molar refractivity (Wildman–Crippen MR) is 56.0 cm³/mol. The molecule has 1 heterocycles. The molecule has 0 N–H and O–H groups in total. The van der Waals surface area contributed by atoms with Crippen molar-refractivity contribution in [2.45, 2.75) is 26.7 Å². The Morgan fingerprint density at radius 1 is 1.64 bits per heavy atom. The van der Waals surface area contributed by atoms with Gasteiger partial charge < -0.3 is 9.64 Å². The topological polar surface area (TPSA) is 29.5 Å². The highest BCUT2D eigenvalue weighted by atomic mass is 16.5. The van der Waals surface area contributed by atoms with E-state index in [0.29, 0.717) is 0 Å². The first-order valence-corrected chi connectivity index (χ1v) is 5.47. The molecule has 1 aliphatic rings. The minimum absolute atomic E-state index is 0.00982. The molecule has 0 bridgehead atoms. The molecule has 1 aliphatic heterocycles. The fourth-order valence-electron chi connectivity index (χ4n) is 2.07. The number of likely N-dealkylation sites (tertiary alicyclic amines) is 1. The lowest BCUT2D eigenvalue weighted by molar-refractivity contribution is -0.145.